The molecular weight excluding hydrogens is 324 g/mol. The Labute approximate surface area is 144 Å². The molecule has 0 aliphatic heterocycles. The highest BCUT2D eigenvalue weighted by atomic mass is 19.1. The maximum absolute atomic E-state index is 13.8. The van der Waals surface area contributed by atoms with Crippen molar-refractivity contribution in [3.63, 3.8) is 0 Å². The van der Waals surface area contributed by atoms with Crippen molar-refractivity contribution in [2.45, 2.75) is 13.5 Å². The number of halogens is 2. The van der Waals surface area contributed by atoms with Crippen LogP contribution in [0, 0.1) is 11.6 Å². The Hall–Kier alpha value is -2.95. The third kappa shape index (κ3) is 3.76. The number of amides is 1. The normalized spacial score (nSPS) is 10.7. The molecule has 3 aromatic rings. The van der Waals surface area contributed by atoms with Gasteiger partial charge in [0.15, 0.2) is 5.76 Å². The average molecular weight is 341 g/mol. The van der Waals surface area contributed by atoms with Crippen molar-refractivity contribution >= 4 is 5.91 Å². The number of carbonyl (C=O) groups is 1. The van der Waals surface area contributed by atoms with E-state index in [0.717, 1.165) is 0 Å². The molecule has 0 unspecified atom stereocenters. The summed E-state index contributed by atoms with van der Waals surface area (Å²) in [6, 6.07) is 15.4. The summed E-state index contributed by atoms with van der Waals surface area (Å²) in [5.41, 5.74) is 0.991. The third-order valence-corrected chi connectivity index (χ3v) is 3.89. The molecule has 3 nitrogen and oxygen atoms in total. The first-order valence-electron chi connectivity index (χ1n) is 7.97. The van der Waals surface area contributed by atoms with Crippen LogP contribution in [0.15, 0.2) is 65.1 Å². The number of carbonyl (C=O) groups excluding carboxylic acids is 1. The zero-order valence-electron chi connectivity index (χ0n) is 13.7. The molecular formula is C20H17F2NO2. The molecule has 0 bridgehead atoms. The van der Waals surface area contributed by atoms with Crippen LogP contribution in [0.4, 0.5) is 8.78 Å². The van der Waals surface area contributed by atoms with Gasteiger partial charge in [0.05, 0.1) is 5.56 Å². The zero-order chi connectivity index (χ0) is 17.8. The molecule has 0 saturated carbocycles. The van der Waals surface area contributed by atoms with Crippen LogP contribution in [0.5, 0.6) is 0 Å². The summed E-state index contributed by atoms with van der Waals surface area (Å²) < 4.78 is 32.7. The van der Waals surface area contributed by atoms with Crippen molar-refractivity contribution in [1.82, 2.24) is 4.90 Å². The minimum Gasteiger partial charge on any atom is -0.451 e. The van der Waals surface area contributed by atoms with Gasteiger partial charge < -0.3 is 9.32 Å². The summed E-state index contributed by atoms with van der Waals surface area (Å²) in [4.78, 5) is 14.2. The minimum atomic E-state index is -0.414. The van der Waals surface area contributed by atoms with Crippen LogP contribution in [0.2, 0.25) is 0 Å². The fraction of sp³-hybridized carbons (Fsp3) is 0.150. The molecule has 0 spiro atoms. The molecule has 3 rings (SSSR count). The SMILES string of the molecule is CCN(Cc1cccc(F)c1)C(=O)c1ccc(-c2ccccc2F)o1. The molecule has 0 aliphatic rings. The predicted molar refractivity (Wildman–Crippen MR) is 90.9 cm³/mol. The molecule has 2 aromatic carbocycles. The molecule has 0 radical (unpaired) electrons. The second-order valence-corrected chi connectivity index (χ2v) is 5.59. The molecule has 1 amide bonds. The Morgan fingerprint density at radius 1 is 1.04 bits per heavy atom. The fourth-order valence-corrected chi connectivity index (χ4v) is 2.60. The summed E-state index contributed by atoms with van der Waals surface area (Å²) in [7, 11) is 0. The smallest absolute Gasteiger partial charge is 0.289 e. The highest BCUT2D eigenvalue weighted by molar-refractivity contribution is 5.92. The maximum atomic E-state index is 13.8. The van der Waals surface area contributed by atoms with Gasteiger partial charge in [-0.1, -0.05) is 24.3 Å². The second kappa shape index (κ2) is 7.30. The number of rotatable bonds is 5. The van der Waals surface area contributed by atoms with Gasteiger partial charge in [-0.2, -0.15) is 0 Å². The molecule has 0 fully saturated rings. The monoisotopic (exact) mass is 341 g/mol. The van der Waals surface area contributed by atoms with E-state index in [2.05, 4.69) is 0 Å². The van der Waals surface area contributed by atoms with E-state index in [1.807, 2.05) is 6.92 Å². The van der Waals surface area contributed by atoms with E-state index in [9.17, 15) is 13.6 Å². The predicted octanol–water partition coefficient (Wildman–Crippen LogP) is 4.89. The lowest BCUT2D eigenvalue weighted by Gasteiger charge is -2.19. The van der Waals surface area contributed by atoms with E-state index in [1.165, 1.54) is 24.3 Å². The lowest BCUT2D eigenvalue weighted by atomic mass is 10.1. The second-order valence-electron chi connectivity index (χ2n) is 5.59. The molecule has 0 N–H and O–H groups in total. The quantitative estimate of drug-likeness (QED) is 0.662. The van der Waals surface area contributed by atoms with Crippen LogP contribution in [0.1, 0.15) is 23.0 Å². The lowest BCUT2D eigenvalue weighted by molar-refractivity contribution is 0.0721. The average Bonchev–Trinajstić information content (AvgIpc) is 3.09. The van der Waals surface area contributed by atoms with Crippen molar-refractivity contribution < 1.29 is 18.0 Å². The number of hydrogen-bond donors (Lipinski definition) is 0. The maximum Gasteiger partial charge on any atom is 0.289 e. The van der Waals surface area contributed by atoms with Gasteiger partial charge >= 0.3 is 0 Å². The first-order valence-corrected chi connectivity index (χ1v) is 7.97. The first-order chi connectivity index (χ1) is 12.1. The minimum absolute atomic E-state index is 0.122. The van der Waals surface area contributed by atoms with Crippen molar-refractivity contribution in [1.29, 1.82) is 0 Å². The van der Waals surface area contributed by atoms with E-state index in [1.54, 1.807) is 41.3 Å². The van der Waals surface area contributed by atoms with Crippen molar-refractivity contribution in [3.05, 3.63) is 83.6 Å². The van der Waals surface area contributed by atoms with Gasteiger partial charge in [-0.3, -0.25) is 4.79 Å². The molecule has 128 valence electrons. The van der Waals surface area contributed by atoms with Crippen LogP contribution in [-0.2, 0) is 6.54 Å². The number of hydrogen-bond acceptors (Lipinski definition) is 2. The molecule has 0 aliphatic carbocycles. The Bertz CT molecular complexity index is 889. The van der Waals surface area contributed by atoms with E-state index in [-0.39, 0.29) is 24.0 Å². The van der Waals surface area contributed by atoms with E-state index >= 15 is 0 Å². The molecule has 1 heterocycles. The topological polar surface area (TPSA) is 33.5 Å². The van der Waals surface area contributed by atoms with Crippen molar-refractivity contribution in [3.8, 4) is 11.3 Å². The lowest BCUT2D eigenvalue weighted by Crippen LogP contribution is -2.30. The van der Waals surface area contributed by atoms with Crippen LogP contribution >= 0.6 is 0 Å². The van der Waals surface area contributed by atoms with E-state index in [4.69, 9.17) is 4.42 Å². The van der Waals surface area contributed by atoms with Crippen molar-refractivity contribution in [2.24, 2.45) is 0 Å². The Balaban J connectivity index is 1.81. The van der Waals surface area contributed by atoms with E-state index < -0.39 is 5.82 Å². The first kappa shape index (κ1) is 16.9. The Morgan fingerprint density at radius 2 is 1.84 bits per heavy atom. The highest BCUT2D eigenvalue weighted by Crippen LogP contribution is 2.25. The highest BCUT2D eigenvalue weighted by Gasteiger charge is 2.19. The van der Waals surface area contributed by atoms with Gasteiger partial charge in [-0.15, -0.1) is 0 Å². The van der Waals surface area contributed by atoms with Gasteiger partial charge in [0, 0.05) is 13.1 Å². The van der Waals surface area contributed by atoms with Gasteiger partial charge in [0.1, 0.15) is 17.4 Å². The molecule has 25 heavy (non-hydrogen) atoms. The largest absolute Gasteiger partial charge is 0.451 e. The number of nitrogens with zero attached hydrogens (tertiary/aromatic N) is 1. The zero-order valence-corrected chi connectivity index (χ0v) is 13.7. The summed E-state index contributed by atoms with van der Waals surface area (Å²) in [6.07, 6.45) is 0. The van der Waals surface area contributed by atoms with Crippen molar-refractivity contribution in [2.75, 3.05) is 6.54 Å². The number of benzene rings is 2. The van der Waals surface area contributed by atoms with Gasteiger partial charge in [-0.05, 0) is 48.9 Å². The van der Waals surface area contributed by atoms with Crippen LogP contribution in [0.3, 0.4) is 0 Å². The molecule has 5 heteroatoms. The van der Waals surface area contributed by atoms with Gasteiger partial charge in [-0.25, -0.2) is 8.78 Å². The van der Waals surface area contributed by atoms with Crippen LogP contribution in [-0.4, -0.2) is 17.4 Å². The molecule has 1 aromatic heterocycles. The Morgan fingerprint density at radius 3 is 2.56 bits per heavy atom. The van der Waals surface area contributed by atoms with Crippen LogP contribution in [0.25, 0.3) is 11.3 Å². The Kier molecular flexibility index (Phi) is 4.93. The van der Waals surface area contributed by atoms with Gasteiger partial charge in [0.2, 0.25) is 0 Å². The summed E-state index contributed by atoms with van der Waals surface area (Å²) in [5.74, 6) is -0.669. The number of furan rings is 1. The van der Waals surface area contributed by atoms with E-state index in [0.29, 0.717) is 23.4 Å². The molecule has 0 atom stereocenters. The third-order valence-electron chi connectivity index (χ3n) is 3.89. The summed E-state index contributed by atoms with van der Waals surface area (Å²) in [6.45, 7) is 2.53. The fourth-order valence-electron chi connectivity index (χ4n) is 2.60. The van der Waals surface area contributed by atoms with Crippen LogP contribution < -0.4 is 0 Å². The molecule has 0 saturated heterocycles. The summed E-state index contributed by atoms with van der Waals surface area (Å²) >= 11 is 0. The van der Waals surface area contributed by atoms with Gasteiger partial charge in [0.25, 0.3) is 5.91 Å². The standard InChI is InChI=1S/C20H17F2NO2/c1-2-23(13-14-6-5-7-15(21)12-14)20(24)19-11-10-18(25-19)16-8-3-4-9-17(16)22/h3-12H,2,13H2,1H3. The summed E-state index contributed by atoms with van der Waals surface area (Å²) in [5, 5.41) is 0.